The predicted molar refractivity (Wildman–Crippen MR) is 86.6 cm³/mol. The van der Waals surface area contributed by atoms with Gasteiger partial charge in [0.15, 0.2) is 0 Å². The van der Waals surface area contributed by atoms with Gasteiger partial charge in [-0.15, -0.1) is 0 Å². The molecule has 2 aromatic rings. The first-order valence-electron chi connectivity index (χ1n) is 7.34. The lowest BCUT2D eigenvalue weighted by atomic mass is 10.0. The molecule has 0 spiro atoms. The van der Waals surface area contributed by atoms with Gasteiger partial charge in [-0.1, -0.05) is 70.0 Å². The Kier molecular flexibility index (Phi) is 7.14. The van der Waals surface area contributed by atoms with E-state index in [1.165, 1.54) is 24.0 Å². The quantitative estimate of drug-likeness (QED) is 0.709. The minimum Gasteiger partial charge on any atom is -0.192 e. The highest BCUT2D eigenvalue weighted by molar-refractivity contribution is 5.64. The summed E-state index contributed by atoms with van der Waals surface area (Å²) < 4.78 is 0. The molecule has 0 saturated heterocycles. The molecule has 1 heteroatoms. The number of hydrogen-bond acceptors (Lipinski definition) is 1. The molecule has 0 fully saturated rings. The summed E-state index contributed by atoms with van der Waals surface area (Å²) in [5.74, 6) is 0. The molecule has 0 aliphatic carbocycles. The van der Waals surface area contributed by atoms with Crippen molar-refractivity contribution >= 4 is 0 Å². The van der Waals surface area contributed by atoms with E-state index in [1.54, 1.807) is 0 Å². The molecule has 1 nitrogen and oxygen atoms in total. The van der Waals surface area contributed by atoms with Crippen molar-refractivity contribution in [2.45, 2.75) is 40.0 Å². The van der Waals surface area contributed by atoms with Crippen molar-refractivity contribution in [2.75, 3.05) is 0 Å². The minimum atomic E-state index is 0.703. The van der Waals surface area contributed by atoms with Crippen LogP contribution in [0.25, 0.3) is 11.1 Å². The van der Waals surface area contributed by atoms with E-state index in [4.69, 9.17) is 5.26 Å². The van der Waals surface area contributed by atoms with Gasteiger partial charge in [-0.3, -0.25) is 0 Å². The highest BCUT2D eigenvalue weighted by atomic mass is 14.2. The molecule has 0 bridgehead atoms. The number of aryl methyl sites for hydroxylation is 1. The lowest BCUT2D eigenvalue weighted by Gasteiger charge is -2.03. The predicted octanol–water partition coefficient (Wildman–Crippen LogP) is 5.59. The zero-order valence-electron chi connectivity index (χ0n) is 12.7. The van der Waals surface area contributed by atoms with Crippen molar-refractivity contribution in [3.05, 3.63) is 59.7 Å². The number of rotatable bonds is 3. The average Bonchev–Trinajstić information content (AvgIpc) is 2.55. The Morgan fingerprint density at radius 3 is 1.55 bits per heavy atom. The molecule has 0 saturated carbocycles. The summed E-state index contributed by atoms with van der Waals surface area (Å²) in [6, 6.07) is 18.3. The Balaban J connectivity index is 0.000000444. The molecular weight excluding hydrogens is 242 g/mol. The molecule has 2 aromatic carbocycles. The van der Waals surface area contributed by atoms with E-state index in [0.717, 1.165) is 12.0 Å². The van der Waals surface area contributed by atoms with E-state index in [2.05, 4.69) is 51.1 Å². The van der Waals surface area contributed by atoms with Crippen molar-refractivity contribution in [3.8, 4) is 17.2 Å². The van der Waals surface area contributed by atoms with Crippen molar-refractivity contribution in [3.63, 3.8) is 0 Å². The number of nitrogens with zero attached hydrogens (tertiary/aromatic N) is 1. The smallest absolute Gasteiger partial charge is 0.0991 e. The van der Waals surface area contributed by atoms with E-state index in [1.807, 2.05) is 24.3 Å². The van der Waals surface area contributed by atoms with Crippen molar-refractivity contribution in [1.82, 2.24) is 0 Å². The summed E-state index contributed by atoms with van der Waals surface area (Å²) in [7, 11) is 0. The van der Waals surface area contributed by atoms with Crippen LogP contribution in [0.15, 0.2) is 48.5 Å². The Hall–Kier alpha value is -2.07. The van der Waals surface area contributed by atoms with E-state index in [0.29, 0.717) is 5.56 Å². The molecule has 0 heterocycles. The SMILES string of the molecule is CCCC.CCc1ccc(-c2ccc(C#N)cc2)cc1. The molecule has 0 unspecified atom stereocenters. The number of hydrogen-bond donors (Lipinski definition) is 0. The van der Waals surface area contributed by atoms with E-state index >= 15 is 0 Å². The fraction of sp³-hybridized carbons (Fsp3) is 0.316. The summed E-state index contributed by atoms with van der Waals surface area (Å²) in [5.41, 5.74) is 4.40. The molecule has 0 aliphatic rings. The van der Waals surface area contributed by atoms with Crippen LogP contribution in [0.2, 0.25) is 0 Å². The maximum Gasteiger partial charge on any atom is 0.0991 e. The van der Waals surface area contributed by atoms with Gasteiger partial charge in [-0.05, 0) is 35.2 Å². The molecule has 2 rings (SSSR count). The Labute approximate surface area is 122 Å². The maximum atomic E-state index is 8.72. The lowest BCUT2D eigenvalue weighted by molar-refractivity contribution is 0.886. The fourth-order valence-electron chi connectivity index (χ4n) is 1.67. The van der Waals surface area contributed by atoms with Crippen LogP contribution in [0.3, 0.4) is 0 Å². The highest BCUT2D eigenvalue weighted by Crippen LogP contribution is 2.20. The molecule has 0 aliphatic heterocycles. The summed E-state index contributed by atoms with van der Waals surface area (Å²) in [4.78, 5) is 0. The largest absolute Gasteiger partial charge is 0.192 e. The van der Waals surface area contributed by atoms with Crippen LogP contribution < -0.4 is 0 Å². The third-order valence-corrected chi connectivity index (χ3v) is 3.21. The first kappa shape index (κ1) is 16.0. The van der Waals surface area contributed by atoms with Crippen molar-refractivity contribution in [1.29, 1.82) is 5.26 Å². The second-order valence-electron chi connectivity index (χ2n) is 4.74. The fourth-order valence-corrected chi connectivity index (χ4v) is 1.67. The van der Waals surface area contributed by atoms with Gasteiger partial charge < -0.3 is 0 Å². The monoisotopic (exact) mass is 265 g/mol. The Bertz CT molecular complexity index is 527. The average molecular weight is 265 g/mol. The Morgan fingerprint density at radius 1 is 0.750 bits per heavy atom. The summed E-state index contributed by atoms with van der Waals surface area (Å²) in [6.45, 7) is 6.51. The Morgan fingerprint density at radius 2 is 1.20 bits per heavy atom. The standard InChI is InChI=1S/C15H13N.C4H10/c1-2-12-3-7-14(8-4-12)15-9-5-13(11-16)6-10-15;1-3-4-2/h3-10H,2H2,1H3;3-4H2,1-2H3. The number of benzene rings is 2. The molecule has 0 aromatic heterocycles. The summed E-state index contributed by atoms with van der Waals surface area (Å²) in [6.07, 6.45) is 3.70. The van der Waals surface area contributed by atoms with Crippen molar-refractivity contribution in [2.24, 2.45) is 0 Å². The van der Waals surface area contributed by atoms with Gasteiger partial charge in [0.05, 0.1) is 11.6 Å². The van der Waals surface area contributed by atoms with Gasteiger partial charge in [-0.25, -0.2) is 0 Å². The van der Waals surface area contributed by atoms with Crippen LogP contribution >= 0.6 is 0 Å². The first-order chi connectivity index (χ1) is 9.74. The second-order valence-corrected chi connectivity index (χ2v) is 4.74. The van der Waals surface area contributed by atoms with Crippen molar-refractivity contribution < 1.29 is 0 Å². The van der Waals surface area contributed by atoms with Crippen LogP contribution in [0.4, 0.5) is 0 Å². The number of unbranched alkanes of at least 4 members (excludes halogenated alkanes) is 1. The van der Waals surface area contributed by atoms with Crippen LogP contribution in [-0.2, 0) is 6.42 Å². The molecule has 0 atom stereocenters. The van der Waals surface area contributed by atoms with Gasteiger partial charge in [0, 0.05) is 0 Å². The molecular formula is C19H23N. The summed E-state index contributed by atoms with van der Waals surface area (Å²) in [5, 5.41) is 8.72. The summed E-state index contributed by atoms with van der Waals surface area (Å²) >= 11 is 0. The van der Waals surface area contributed by atoms with Gasteiger partial charge in [0.1, 0.15) is 0 Å². The van der Waals surface area contributed by atoms with Crippen LogP contribution in [0.5, 0.6) is 0 Å². The third-order valence-electron chi connectivity index (χ3n) is 3.21. The van der Waals surface area contributed by atoms with Crippen LogP contribution in [0, 0.1) is 11.3 Å². The molecule has 0 amide bonds. The lowest BCUT2D eigenvalue weighted by Crippen LogP contribution is -1.82. The van der Waals surface area contributed by atoms with Crippen LogP contribution in [-0.4, -0.2) is 0 Å². The van der Waals surface area contributed by atoms with Gasteiger partial charge >= 0.3 is 0 Å². The molecule has 20 heavy (non-hydrogen) atoms. The van der Waals surface area contributed by atoms with Gasteiger partial charge in [-0.2, -0.15) is 5.26 Å². The number of nitriles is 1. The zero-order chi connectivity index (χ0) is 14.8. The van der Waals surface area contributed by atoms with Gasteiger partial charge in [0.25, 0.3) is 0 Å². The van der Waals surface area contributed by atoms with E-state index < -0.39 is 0 Å². The van der Waals surface area contributed by atoms with E-state index in [9.17, 15) is 0 Å². The molecule has 0 radical (unpaired) electrons. The normalized spacial score (nSPS) is 9.30. The minimum absolute atomic E-state index is 0.703. The van der Waals surface area contributed by atoms with Gasteiger partial charge in [0.2, 0.25) is 0 Å². The molecule has 0 N–H and O–H groups in total. The topological polar surface area (TPSA) is 23.8 Å². The third kappa shape index (κ3) is 4.90. The zero-order valence-corrected chi connectivity index (χ0v) is 12.7. The second kappa shape index (κ2) is 8.93. The highest BCUT2D eigenvalue weighted by Gasteiger charge is 1.97. The van der Waals surface area contributed by atoms with Crippen LogP contribution in [0.1, 0.15) is 44.7 Å². The maximum absolute atomic E-state index is 8.72. The first-order valence-corrected chi connectivity index (χ1v) is 7.34. The van der Waals surface area contributed by atoms with E-state index in [-0.39, 0.29) is 0 Å². The molecule has 104 valence electrons.